The summed E-state index contributed by atoms with van der Waals surface area (Å²) in [6.45, 7) is 8.80. The van der Waals surface area contributed by atoms with Gasteiger partial charge in [-0.25, -0.2) is 0 Å². The van der Waals surface area contributed by atoms with Crippen molar-refractivity contribution in [1.82, 2.24) is 20.4 Å². The third-order valence-corrected chi connectivity index (χ3v) is 5.63. The van der Waals surface area contributed by atoms with Crippen molar-refractivity contribution in [2.75, 3.05) is 39.3 Å². The molecular formula is C21H39N5O2. The van der Waals surface area contributed by atoms with Crippen molar-refractivity contribution in [1.29, 1.82) is 0 Å². The molecule has 0 saturated carbocycles. The van der Waals surface area contributed by atoms with Crippen molar-refractivity contribution in [3.63, 3.8) is 0 Å². The molecule has 0 aromatic heterocycles. The van der Waals surface area contributed by atoms with E-state index in [1.54, 1.807) is 0 Å². The Morgan fingerprint density at radius 3 is 2.75 bits per heavy atom. The van der Waals surface area contributed by atoms with Crippen molar-refractivity contribution in [3.8, 4) is 0 Å². The Morgan fingerprint density at radius 2 is 1.96 bits per heavy atom. The SMILES string of the molecule is CCNC(=NCCCN1CCCCCC1=O)NCCC(=O)N1CCCCC1C. The first kappa shape index (κ1) is 22.5. The van der Waals surface area contributed by atoms with E-state index in [2.05, 4.69) is 22.5 Å². The lowest BCUT2D eigenvalue weighted by atomic mass is 10.0. The topological polar surface area (TPSA) is 77.0 Å². The lowest BCUT2D eigenvalue weighted by Gasteiger charge is -2.33. The summed E-state index contributed by atoms with van der Waals surface area (Å²) in [7, 11) is 0. The molecule has 7 heteroatoms. The molecule has 2 heterocycles. The molecule has 0 bridgehead atoms. The minimum Gasteiger partial charge on any atom is -0.357 e. The van der Waals surface area contributed by atoms with E-state index in [1.807, 2.05) is 16.7 Å². The molecule has 2 saturated heterocycles. The number of piperidine rings is 1. The van der Waals surface area contributed by atoms with Crippen LogP contribution in [0.15, 0.2) is 4.99 Å². The van der Waals surface area contributed by atoms with Gasteiger partial charge < -0.3 is 20.4 Å². The minimum absolute atomic E-state index is 0.232. The van der Waals surface area contributed by atoms with Crippen LogP contribution in [-0.4, -0.2) is 72.9 Å². The zero-order valence-electron chi connectivity index (χ0n) is 17.8. The summed E-state index contributed by atoms with van der Waals surface area (Å²) in [6.07, 6.45) is 8.81. The van der Waals surface area contributed by atoms with E-state index >= 15 is 0 Å². The molecule has 1 atom stereocenters. The van der Waals surface area contributed by atoms with E-state index in [-0.39, 0.29) is 11.8 Å². The monoisotopic (exact) mass is 393 g/mol. The second-order valence-corrected chi connectivity index (χ2v) is 7.91. The predicted molar refractivity (Wildman–Crippen MR) is 113 cm³/mol. The van der Waals surface area contributed by atoms with Gasteiger partial charge in [-0.1, -0.05) is 6.42 Å². The maximum Gasteiger partial charge on any atom is 0.224 e. The van der Waals surface area contributed by atoms with Crippen LogP contribution in [0.2, 0.25) is 0 Å². The summed E-state index contributed by atoms with van der Waals surface area (Å²) in [4.78, 5) is 33.1. The quantitative estimate of drug-likeness (QED) is 0.376. The van der Waals surface area contributed by atoms with E-state index in [1.165, 1.54) is 6.42 Å². The van der Waals surface area contributed by atoms with E-state index in [0.717, 1.165) is 70.7 Å². The number of aliphatic imine (C=N–C) groups is 1. The Bertz CT molecular complexity index is 523. The van der Waals surface area contributed by atoms with Crippen LogP contribution < -0.4 is 10.6 Å². The second-order valence-electron chi connectivity index (χ2n) is 7.91. The lowest BCUT2D eigenvalue weighted by molar-refractivity contribution is -0.134. The third-order valence-electron chi connectivity index (χ3n) is 5.63. The summed E-state index contributed by atoms with van der Waals surface area (Å²) < 4.78 is 0. The van der Waals surface area contributed by atoms with Gasteiger partial charge in [-0.05, 0) is 52.4 Å². The van der Waals surface area contributed by atoms with Crippen LogP contribution in [-0.2, 0) is 9.59 Å². The van der Waals surface area contributed by atoms with E-state index in [4.69, 9.17) is 0 Å². The average Bonchev–Trinajstić information content (AvgIpc) is 2.89. The summed E-state index contributed by atoms with van der Waals surface area (Å²) >= 11 is 0. The number of carbonyl (C=O) groups excluding carboxylic acids is 2. The predicted octanol–water partition coefficient (Wildman–Crippen LogP) is 2.13. The van der Waals surface area contributed by atoms with Crippen LogP contribution in [0.5, 0.6) is 0 Å². The Hall–Kier alpha value is -1.79. The molecule has 0 aliphatic carbocycles. The first-order valence-electron chi connectivity index (χ1n) is 11.2. The van der Waals surface area contributed by atoms with Crippen LogP contribution in [0.25, 0.3) is 0 Å². The van der Waals surface area contributed by atoms with Crippen LogP contribution in [0, 0.1) is 0 Å². The number of rotatable bonds is 8. The van der Waals surface area contributed by atoms with E-state index < -0.39 is 0 Å². The normalized spacial score (nSPS) is 21.4. The summed E-state index contributed by atoms with van der Waals surface area (Å²) in [5.41, 5.74) is 0. The first-order chi connectivity index (χ1) is 13.6. The van der Waals surface area contributed by atoms with Gasteiger partial charge in [0.15, 0.2) is 5.96 Å². The fraction of sp³-hybridized carbons (Fsp3) is 0.857. The molecule has 2 fully saturated rings. The smallest absolute Gasteiger partial charge is 0.224 e. The summed E-state index contributed by atoms with van der Waals surface area (Å²) in [6, 6.07) is 0.366. The Kier molecular flexibility index (Phi) is 10.1. The Morgan fingerprint density at radius 1 is 1.14 bits per heavy atom. The zero-order valence-corrected chi connectivity index (χ0v) is 17.8. The van der Waals surface area contributed by atoms with Crippen LogP contribution in [0.3, 0.4) is 0 Å². The number of nitrogens with zero attached hydrogens (tertiary/aromatic N) is 3. The highest BCUT2D eigenvalue weighted by atomic mass is 16.2. The lowest BCUT2D eigenvalue weighted by Crippen LogP contribution is -2.44. The molecule has 28 heavy (non-hydrogen) atoms. The van der Waals surface area contributed by atoms with Crippen molar-refractivity contribution in [2.45, 2.75) is 77.7 Å². The number of amides is 2. The fourth-order valence-corrected chi connectivity index (χ4v) is 3.97. The number of hydrogen-bond acceptors (Lipinski definition) is 3. The summed E-state index contributed by atoms with van der Waals surface area (Å²) in [5, 5.41) is 6.51. The molecule has 0 aromatic carbocycles. The number of likely N-dealkylation sites (tertiary alicyclic amines) is 2. The van der Waals surface area contributed by atoms with Crippen LogP contribution in [0.1, 0.15) is 71.6 Å². The number of nitrogens with one attached hydrogen (secondary N) is 2. The van der Waals surface area contributed by atoms with Crippen molar-refractivity contribution in [2.24, 2.45) is 4.99 Å². The van der Waals surface area contributed by atoms with Crippen molar-refractivity contribution >= 4 is 17.8 Å². The van der Waals surface area contributed by atoms with Gasteiger partial charge in [-0.15, -0.1) is 0 Å². The van der Waals surface area contributed by atoms with Gasteiger partial charge in [0.1, 0.15) is 0 Å². The molecule has 2 N–H and O–H groups in total. The van der Waals surface area contributed by atoms with Gasteiger partial charge in [0.05, 0.1) is 0 Å². The van der Waals surface area contributed by atoms with Gasteiger partial charge in [0.25, 0.3) is 0 Å². The highest BCUT2D eigenvalue weighted by Crippen LogP contribution is 2.17. The highest BCUT2D eigenvalue weighted by molar-refractivity contribution is 5.81. The van der Waals surface area contributed by atoms with E-state index in [9.17, 15) is 9.59 Å². The van der Waals surface area contributed by atoms with Crippen molar-refractivity contribution in [3.05, 3.63) is 0 Å². The number of carbonyl (C=O) groups is 2. The number of guanidine groups is 1. The standard InChI is InChI=1S/C21H39N5O2/c1-3-22-21(23-13-9-16-25-15-7-4-5-11-19(25)27)24-14-12-20(28)26-17-8-6-10-18(26)2/h18H,3-17H2,1-2H3,(H2,22,23,24). The molecule has 0 radical (unpaired) electrons. The van der Waals surface area contributed by atoms with Crippen LogP contribution in [0.4, 0.5) is 0 Å². The maximum atomic E-state index is 12.4. The van der Waals surface area contributed by atoms with Gasteiger partial charge in [0, 0.05) is 58.2 Å². The number of hydrogen-bond donors (Lipinski definition) is 2. The van der Waals surface area contributed by atoms with Crippen LogP contribution >= 0.6 is 0 Å². The molecule has 2 amide bonds. The zero-order chi connectivity index (χ0) is 20.2. The Balaban J connectivity index is 1.69. The highest BCUT2D eigenvalue weighted by Gasteiger charge is 2.22. The van der Waals surface area contributed by atoms with Gasteiger partial charge in [0.2, 0.25) is 11.8 Å². The first-order valence-corrected chi connectivity index (χ1v) is 11.2. The Labute approximate surface area is 170 Å². The van der Waals surface area contributed by atoms with Gasteiger partial charge in [-0.2, -0.15) is 0 Å². The molecule has 7 nitrogen and oxygen atoms in total. The van der Waals surface area contributed by atoms with Gasteiger partial charge in [-0.3, -0.25) is 14.6 Å². The molecule has 160 valence electrons. The summed E-state index contributed by atoms with van der Waals surface area (Å²) in [5.74, 6) is 1.27. The molecule has 2 aliphatic rings. The van der Waals surface area contributed by atoms with Crippen molar-refractivity contribution < 1.29 is 9.59 Å². The van der Waals surface area contributed by atoms with Gasteiger partial charge >= 0.3 is 0 Å². The average molecular weight is 394 g/mol. The minimum atomic E-state index is 0.232. The second kappa shape index (κ2) is 12.6. The van der Waals surface area contributed by atoms with E-state index in [0.29, 0.717) is 32.0 Å². The molecule has 2 rings (SSSR count). The third kappa shape index (κ3) is 7.68. The molecule has 0 aromatic rings. The molecule has 0 spiro atoms. The molecule has 1 unspecified atom stereocenters. The molecular weight excluding hydrogens is 354 g/mol. The molecule has 2 aliphatic heterocycles. The maximum absolute atomic E-state index is 12.4. The largest absolute Gasteiger partial charge is 0.357 e. The fourth-order valence-electron chi connectivity index (χ4n) is 3.97.